The summed E-state index contributed by atoms with van der Waals surface area (Å²) in [6.45, 7) is 0.639. The fraction of sp³-hybridized carbons (Fsp3) is 0.333. The summed E-state index contributed by atoms with van der Waals surface area (Å²) >= 11 is 12.1. The Morgan fingerprint density at radius 3 is 2.43 bits per heavy atom. The van der Waals surface area contributed by atoms with Crippen molar-refractivity contribution in [3.63, 3.8) is 0 Å². The highest BCUT2D eigenvalue weighted by Gasteiger charge is 2.27. The van der Waals surface area contributed by atoms with E-state index >= 15 is 0 Å². The SMILES string of the molecule is NC(N)=NC(=O)Cc1c2cc(Cl)c(Cl)cc2c(O)n1CC1CC1. The minimum Gasteiger partial charge on any atom is -0.494 e. The molecule has 1 amide bonds. The number of nitrogens with two attached hydrogens (primary N) is 2. The van der Waals surface area contributed by atoms with Gasteiger partial charge in [0.15, 0.2) is 11.8 Å². The van der Waals surface area contributed by atoms with Gasteiger partial charge in [-0.05, 0) is 30.9 Å². The molecule has 1 fully saturated rings. The zero-order valence-electron chi connectivity index (χ0n) is 12.2. The Morgan fingerprint density at radius 1 is 1.26 bits per heavy atom. The summed E-state index contributed by atoms with van der Waals surface area (Å²) in [5.74, 6) is -0.180. The number of carbonyl (C=O) groups excluding carboxylic acids is 1. The van der Waals surface area contributed by atoms with Crippen molar-refractivity contribution in [2.45, 2.75) is 25.8 Å². The molecule has 1 aliphatic rings. The van der Waals surface area contributed by atoms with Gasteiger partial charge in [-0.15, -0.1) is 0 Å². The lowest BCUT2D eigenvalue weighted by Gasteiger charge is -2.09. The maximum Gasteiger partial charge on any atom is 0.254 e. The van der Waals surface area contributed by atoms with Gasteiger partial charge in [0.25, 0.3) is 5.91 Å². The molecular weight excluding hydrogens is 339 g/mol. The number of hydrogen-bond acceptors (Lipinski definition) is 2. The molecule has 3 rings (SSSR count). The van der Waals surface area contributed by atoms with Crippen LogP contribution in [0.5, 0.6) is 5.88 Å². The maximum atomic E-state index is 12.0. The van der Waals surface area contributed by atoms with Crippen LogP contribution in [0.3, 0.4) is 0 Å². The number of rotatable bonds is 4. The summed E-state index contributed by atoms with van der Waals surface area (Å²) in [6.07, 6.45) is 2.19. The summed E-state index contributed by atoms with van der Waals surface area (Å²) in [6, 6.07) is 3.26. The van der Waals surface area contributed by atoms with Gasteiger partial charge in [0.1, 0.15) is 0 Å². The van der Waals surface area contributed by atoms with Crippen molar-refractivity contribution in [1.29, 1.82) is 0 Å². The molecule has 2 aromatic rings. The fourth-order valence-corrected chi connectivity index (χ4v) is 2.99. The molecular formula is C15H16Cl2N4O2. The van der Waals surface area contributed by atoms with Gasteiger partial charge in [-0.1, -0.05) is 23.2 Å². The molecule has 0 atom stereocenters. The molecule has 1 saturated carbocycles. The number of nitrogens with zero attached hydrogens (tertiary/aromatic N) is 2. The molecule has 0 bridgehead atoms. The molecule has 0 saturated heterocycles. The summed E-state index contributed by atoms with van der Waals surface area (Å²) in [5, 5.41) is 12.5. The van der Waals surface area contributed by atoms with Crippen LogP contribution in [0.25, 0.3) is 10.8 Å². The van der Waals surface area contributed by atoms with Gasteiger partial charge < -0.3 is 21.1 Å². The van der Waals surface area contributed by atoms with Gasteiger partial charge in [0.05, 0.1) is 16.5 Å². The second-order valence-electron chi connectivity index (χ2n) is 5.74. The van der Waals surface area contributed by atoms with Crippen LogP contribution in [0, 0.1) is 5.92 Å². The van der Waals surface area contributed by atoms with Crippen LogP contribution in [0.15, 0.2) is 17.1 Å². The second kappa shape index (κ2) is 5.94. The summed E-state index contributed by atoms with van der Waals surface area (Å²) < 4.78 is 1.73. The number of guanidine groups is 1. The summed E-state index contributed by atoms with van der Waals surface area (Å²) in [7, 11) is 0. The van der Waals surface area contributed by atoms with E-state index in [1.54, 1.807) is 16.7 Å². The molecule has 0 aliphatic heterocycles. The minimum atomic E-state index is -0.479. The van der Waals surface area contributed by atoms with Crippen LogP contribution >= 0.6 is 23.2 Å². The highest BCUT2D eigenvalue weighted by molar-refractivity contribution is 6.43. The number of halogens is 2. The standard InChI is InChI=1S/C15H16Cl2N4O2/c16-10-3-8-9(4-11(10)17)14(23)21(6-7-1-2-7)12(8)5-13(22)20-15(18)19/h3-4,7,23H,1-2,5-6H2,(H4,18,19,20,22). The zero-order chi connectivity index (χ0) is 16.7. The van der Waals surface area contributed by atoms with E-state index in [2.05, 4.69) is 4.99 Å². The Bertz CT molecular complexity index is 821. The smallest absolute Gasteiger partial charge is 0.254 e. The predicted octanol–water partition coefficient (Wildman–Crippen LogP) is 2.41. The van der Waals surface area contributed by atoms with Gasteiger partial charge in [-0.3, -0.25) is 4.79 Å². The highest BCUT2D eigenvalue weighted by Crippen LogP contribution is 2.40. The Kier molecular flexibility index (Phi) is 4.12. The number of fused-ring (bicyclic) bond motifs is 1. The van der Waals surface area contributed by atoms with E-state index in [4.69, 9.17) is 34.7 Å². The van der Waals surface area contributed by atoms with E-state index < -0.39 is 5.91 Å². The molecule has 5 N–H and O–H groups in total. The summed E-state index contributed by atoms with van der Waals surface area (Å²) in [5.41, 5.74) is 11.1. The minimum absolute atomic E-state index is 0.0281. The second-order valence-corrected chi connectivity index (χ2v) is 6.56. The first-order chi connectivity index (χ1) is 10.9. The Morgan fingerprint density at radius 2 is 1.87 bits per heavy atom. The Balaban J connectivity index is 2.13. The van der Waals surface area contributed by atoms with Crippen molar-refractivity contribution < 1.29 is 9.90 Å². The van der Waals surface area contributed by atoms with Gasteiger partial charge in [0.2, 0.25) is 0 Å². The Labute approximate surface area is 142 Å². The third-order valence-electron chi connectivity index (χ3n) is 3.90. The summed E-state index contributed by atoms with van der Waals surface area (Å²) in [4.78, 5) is 15.5. The quantitative estimate of drug-likeness (QED) is 0.578. The highest BCUT2D eigenvalue weighted by atomic mass is 35.5. The van der Waals surface area contributed by atoms with E-state index in [-0.39, 0.29) is 18.3 Å². The monoisotopic (exact) mass is 354 g/mol. The number of aromatic hydroxyl groups is 1. The van der Waals surface area contributed by atoms with Crippen LogP contribution in [0.2, 0.25) is 10.0 Å². The average Bonchev–Trinajstić information content (AvgIpc) is 3.24. The number of amides is 1. The van der Waals surface area contributed by atoms with E-state index in [1.165, 1.54) is 0 Å². The molecule has 8 heteroatoms. The zero-order valence-corrected chi connectivity index (χ0v) is 13.7. The number of aromatic nitrogens is 1. The van der Waals surface area contributed by atoms with Gasteiger partial charge >= 0.3 is 0 Å². The molecule has 0 radical (unpaired) electrons. The molecule has 122 valence electrons. The van der Waals surface area contributed by atoms with Gasteiger partial charge in [0, 0.05) is 23.0 Å². The number of benzene rings is 1. The number of carbonyl (C=O) groups is 1. The van der Waals surface area contributed by atoms with Crippen molar-refractivity contribution >= 4 is 45.8 Å². The molecule has 1 aliphatic carbocycles. The van der Waals surface area contributed by atoms with Crippen molar-refractivity contribution in [3.8, 4) is 5.88 Å². The van der Waals surface area contributed by atoms with Crippen LogP contribution in [-0.4, -0.2) is 21.5 Å². The van der Waals surface area contributed by atoms with Gasteiger partial charge in [-0.25, -0.2) is 0 Å². The van der Waals surface area contributed by atoms with Crippen LogP contribution in [0.4, 0.5) is 0 Å². The largest absolute Gasteiger partial charge is 0.494 e. The van der Waals surface area contributed by atoms with E-state index in [0.29, 0.717) is 39.0 Å². The van der Waals surface area contributed by atoms with Crippen LogP contribution in [0.1, 0.15) is 18.5 Å². The van der Waals surface area contributed by atoms with Crippen molar-refractivity contribution in [2.24, 2.45) is 22.4 Å². The van der Waals surface area contributed by atoms with Crippen LogP contribution in [-0.2, 0) is 17.8 Å². The van der Waals surface area contributed by atoms with Crippen molar-refractivity contribution in [3.05, 3.63) is 27.9 Å². The molecule has 23 heavy (non-hydrogen) atoms. The average molecular weight is 355 g/mol. The molecule has 1 heterocycles. The molecule has 0 unspecified atom stereocenters. The van der Waals surface area contributed by atoms with Gasteiger partial charge in [-0.2, -0.15) is 4.99 Å². The van der Waals surface area contributed by atoms with Crippen LogP contribution < -0.4 is 11.5 Å². The topological polar surface area (TPSA) is 107 Å². The lowest BCUT2D eigenvalue weighted by Crippen LogP contribution is -2.24. The Hall–Kier alpha value is -1.92. The molecule has 1 aromatic heterocycles. The molecule has 1 aromatic carbocycles. The lowest BCUT2D eigenvalue weighted by atomic mass is 10.1. The molecule has 0 spiro atoms. The normalized spacial score (nSPS) is 14.2. The van der Waals surface area contributed by atoms with E-state index in [0.717, 1.165) is 12.8 Å². The third kappa shape index (κ3) is 3.23. The molecule has 6 nitrogen and oxygen atoms in total. The lowest BCUT2D eigenvalue weighted by molar-refractivity contribution is -0.117. The predicted molar refractivity (Wildman–Crippen MR) is 90.9 cm³/mol. The first kappa shape index (κ1) is 16.0. The third-order valence-corrected chi connectivity index (χ3v) is 4.63. The first-order valence-electron chi connectivity index (χ1n) is 7.18. The maximum absolute atomic E-state index is 12.0. The first-order valence-corrected chi connectivity index (χ1v) is 7.94. The number of aliphatic imine (C=N–C) groups is 1. The van der Waals surface area contributed by atoms with Crippen molar-refractivity contribution in [1.82, 2.24) is 4.57 Å². The van der Waals surface area contributed by atoms with Crippen molar-refractivity contribution in [2.75, 3.05) is 0 Å². The number of hydrogen-bond donors (Lipinski definition) is 3. The van der Waals surface area contributed by atoms with E-state index in [1.807, 2.05) is 0 Å². The fourth-order valence-electron chi connectivity index (χ4n) is 2.66. The van der Waals surface area contributed by atoms with E-state index in [9.17, 15) is 9.90 Å².